The number of carbonyl (C=O) groups excluding carboxylic acids is 2. The molecule has 1 heterocycles. The van der Waals surface area contributed by atoms with Crippen molar-refractivity contribution >= 4 is 39.5 Å². The van der Waals surface area contributed by atoms with Gasteiger partial charge in [0, 0.05) is 11.0 Å². The maximum Gasteiger partial charge on any atom is 0.232 e. The van der Waals surface area contributed by atoms with E-state index >= 15 is 0 Å². The molecule has 1 aromatic carbocycles. The van der Waals surface area contributed by atoms with Crippen molar-refractivity contribution < 1.29 is 14.3 Å². The topological polar surface area (TPSA) is 72.6 Å². The first-order valence-electron chi connectivity index (χ1n) is 6.57. The number of nitrogens with two attached hydrogens (primary N) is 1. The van der Waals surface area contributed by atoms with Gasteiger partial charge < -0.3 is 15.4 Å². The maximum absolute atomic E-state index is 12.1. The zero-order chi connectivity index (χ0) is 15.2. The number of carbonyl (C=O) groups is 2. The van der Waals surface area contributed by atoms with Crippen LogP contribution in [-0.4, -0.2) is 47.9 Å². The Morgan fingerprint density at radius 1 is 1.33 bits per heavy atom. The van der Waals surface area contributed by atoms with Gasteiger partial charge in [0.05, 0.1) is 24.7 Å². The second-order valence-corrected chi connectivity index (χ2v) is 6.61. The van der Waals surface area contributed by atoms with Gasteiger partial charge in [0.15, 0.2) is 0 Å². The fraction of sp³-hybridized carbons (Fsp3) is 0.429. The second kappa shape index (κ2) is 7.82. The van der Waals surface area contributed by atoms with E-state index in [0.29, 0.717) is 19.7 Å². The number of hydrogen-bond donors (Lipinski definition) is 1. The molecule has 1 aliphatic rings. The molecule has 0 bridgehead atoms. The van der Waals surface area contributed by atoms with Crippen molar-refractivity contribution in [1.29, 1.82) is 0 Å². The number of rotatable bonds is 5. The van der Waals surface area contributed by atoms with Crippen molar-refractivity contribution in [3.8, 4) is 0 Å². The minimum Gasteiger partial charge on any atom is -0.370 e. The van der Waals surface area contributed by atoms with Crippen LogP contribution in [0.15, 0.2) is 28.7 Å². The number of amides is 2. The molecule has 1 aliphatic heterocycles. The van der Waals surface area contributed by atoms with Gasteiger partial charge in [0.2, 0.25) is 11.8 Å². The molecular formula is C14H17BrN2O3S. The quantitative estimate of drug-likeness (QED) is 0.851. The summed E-state index contributed by atoms with van der Waals surface area (Å²) < 4.78 is 6.75. The lowest BCUT2D eigenvalue weighted by atomic mass is 10.1. The summed E-state index contributed by atoms with van der Waals surface area (Å²) in [6.07, 6.45) is -0.100. The average molecular weight is 373 g/mol. The van der Waals surface area contributed by atoms with E-state index in [2.05, 4.69) is 15.9 Å². The molecular weight excluding hydrogens is 356 g/mol. The van der Waals surface area contributed by atoms with Gasteiger partial charge in [-0.2, -0.15) is 0 Å². The van der Waals surface area contributed by atoms with Crippen molar-refractivity contribution in [3.05, 3.63) is 34.3 Å². The number of benzene rings is 1. The van der Waals surface area contributed by atoms with Gasteiger partial charge in [0.1, 0.15) is 6.10 Å². The van der Waals surface area contributed by atoms with Crippen molar-refractivity contribution in [1.82, 2.24) is 4.90 Å². The first-order chi connectivity index (χ1) is 10.1. The Labute approximate surface area is 136 Å². The SMILES string of the molecule is NC(=O)CSCC(=O)N1CCOC(c2ccc(Br)cc2)C1. The molecule has 2 amide bonds. The lowest BCUT2D eigenvalue weighted by Crippen LogP contribution is -2.43. The fourth-order valence-electron chi connectivity index (χ4n) is 2.09. The smallest absolute Gasteiger partial charge is 0.232 e. The molecule has 0 radical (unpaired) electrons. The molecule has 1 aromatic rings. The van der Waals surface area contributed by atoms with E-state index in [9.17, 15) is 9.59 Å². The third kappa shape index (κ3) is 5.01. The van der Waals surface area contributed by atoms with Gasteiger partial charge in [-0.3, -0.25) is 9.59 Å². The molecule has 2 N–H and O–H groups in total. The van der Waals surface area contributed by atoms with E-state index < -0.39 is 5.91 Å². The van der Waals surface area contributed by atoms with Gasteiger partial charge in [-0.05, 0) is 17.7 Å². The fourth-order valence-corrected chi connectivity index (χ4v) is 3.01. The summed E-state index contributed by atoms with van der Waals surface area (Å²) in [7, 11) is 0. The molecule has 1 saturated heterocycles. The van der Waals surface area contributed by atoms with Crippen molar-refractivity contribution in [2.45, 2.75) is 6.10 Å². The van der Waals surface area contributed by atoms with Crippen molar-refractivity contribution in [2.75, 3.05) is 31.2 Å². The minimum absolute atomic E-state index is 0.0201. The predicted octanol–water partition coefficient (Wildman–Crippen LogP) is 1.57. The lowest BCUT2D eigenvalue weighted by Gasteiger charge is -2.33. The van der Waals surface area contributed by atoms with Gasteiger partial charge in [0.25, 0.3) is 0 Å². The van der Waals surface area contributed by atoms with Crippen LogP contribution in [0.5, 0.6) is 0 Å². The van der Waals surface area contributed by atoms with Crippen LogP contribution in [0, 0.1) is 0 Å². The largest absolute Gasteiger partial charge is 0.370 e. The first-order valence-corrected chi connectivity index (χ1v) is 8.52. The lowest BCUT2D eigenvalue weighted by molar-refractivity contribution is -0.136. The first kappa shape index (κ1) is 16.3. The van der Waals surface area contributed by atoms with Crippen LogP contribution in [0.4, 0.5) is 0 Å². The second-order valence-electron chi connectivity index (χ2n) is 4.71. The molecule has 5 nitrogen and oxygen atoms in total. The summed E-state index contributed by atoms with van der Waals surface area (Å²) in [5.41, 5.74) is 6.11. The molecule has 1 atom stereocenters. The molecule has 1 fully saturated rings. The summed E-state index contributed by atoms with van der Waals surface area (Å²) in [6, 6.07) is 7.90. The Balaban J connectivity index is 1.89. The standard InChI is InChI=1S/C14H17BrN2O3S/c15-11-3-1-10(2-4-11)12-7-17(5-6-20-12)14(19)9-21-8-13(16)18/h1-4,12H,5-9H2,(H2,16,18). The zero-order valence-corrected chi connectivity index (χ0v) is 13.9. The van der Waals surface area contributed by atoms with E-state index in [4.69, 9.17) is 10.5 Å². The van der Waals surface area contributed by atoms with Crippen LogP contribution in [-0.2, 0) is 14.3 Å². The van der Waals surface area contributed by atoms with E-state index in [1.54, 1.807) is 4.90 Å². The third-order valence-electron chi connectivity index (χ3n) is 3.13. The van der Waals surface area contributed by atoms with Crippen LogP contribution >= 0.6 is 27.7 Å². The predicted molar refractivity (Wildman–Crippen MR) is 85.9 cm³/mol. The Morgan fingerprint density at radius 2 is 2.05 bits per heavy atom. The van der Waals surface area contributed by atoms with Crippen molar-refractivity contribution in [3.63, 3.8) is 0 Å². The Morgan fingerprint density at radius 3 is 2.71 bits per heavy atom. The zero-order valence-electron chi connectivity index (χ0n) is 11.5. The highest BCUT2D eigenvalue weighted by atomic mass is 79.9. The summed E-state index contributed by atoms with van der Waals surface area (Å²) in [4.78, 5) is 24.6. The van der Waals surface area contributed by atoms with Gasteiger partial charge in [-0.15, -0.1) is 11.8 Å². The molecule has 0 aliphatic carbocycles. The van der Waals surface area contributed by atoms with Crippen LogP contribution in [0.25, 0.3) is 0 Å². The Bertz CT molecular complexity index is 509. The molecule has 2 rings (SSSR count). The molecule has 7 heteroatoms. The van der Waals surface area contributed by atoms with Gasteiger partial charge in [-0.1, -0.05) is 28.1 Å². The van der Waals surface area contributed by atoms with E-state index in [1.165, 1.54) is 11.8 Å². The summed E-state index contributed by atoms with van der Waals surface area (Å²) in [5.74, 6) is 0.0663. The molecule has 1 unspecified atom stereocenters. The molecule has 0 saturated carbocycles. The van der Waals surface area contributed by atoms with Crippen LogP contribution in [0.2, 0.25) is 0 Å². The van der Waals surface area contributed by atoms with Gasteiger partial charge in [-0.25, -0.2) is 0 Å². The van der Waals surface area contributed by atoms with E-state index in [-0.39, 0.29) is 23.5 Å². The molecule has 0 aromatic heterocycles. The van der Waals surface area contributed by atoms with Crippen LogP contribution < -0.4 is 5.73 Å². The molecule has 114 valence electrons. The Kier molecular flexibility index (Phi) is 6.08. The number of ether oxygens (including phenoxy) is 1. The number of thioether (sulfide) groups is 1. The number of hydrogen-bond acceptors (Lipinski definition) is 4. The average Bonchev–Trinajstić information content (AvgIpc) is 2.47. The van der Waals surface area contributed by atoms with Crippen LogP contribution in [0.3, 0.4) is 0 Å². The van der Waals surface area contributed by atoms with E-state index in [0.717, 1.165) is 10.0 Å². The highest BCUT2D eigenvalue weighted by molar-refractivity contribution is 9.10. The van der Waals surface area contributed by atoms with Gasteiger partial charge >= 0.3 is 0 Å². The molecule has 0 spiro atoms. The normalized spacial score (nSPS) is 18.5. The maximum atomic E-state index is 12.1. The van der Waals surface area contributed by atoms with E-state index in [1.807, 2.05) is 24.3 Å². The molecule has 21 heavy (non-hydrogen) atoms. The van der Waals surface area contributed by atoms with Crippen LogP contribution in [0.1, 0.15) is 11.7 Å². The highest BCUT2D eigenvalue weighted by Gasteiger charge is 2.25. The van der Waals surface area contributed by atoms with Crippen molar-refractivity contribution in [2.24, 2.45) is 5.73 Å². The number of primary amides is 1. The number of halogens is 1. The highest BCUT2D eigenvalue weighted by Crippen LogP contribution is 2.24. The number of morpholine rings is 1. The number of nitrogens with zero attached hydrogens (tertiary/aromatic N) is 1. The monoisotopic (exact) mass is 372 g/mol. The summed E-state index contributed by atoms with van der Waals surface area (Å²) in [5, 5.41) is 0. The summed E-state index contributed by atoms with van der Waals surface area (Å²) in [6.45, 7) is 1.65. The minimum atomic E-state index is -0.400. The third-order valence-corrected chi connectivity index (χ3v) is 4.60. The Hall–Kier alpha value is -1.05. The summed E-state index contributed by atoms with van der Waals surface area (Å²) >= 11 is 4.65.